The fraction of sp³-hybridized carbons (Fsp3) is 0.308. The van der Waals surface area contributed by atoms with Gasteiger partial charge < -0.3 is 10.6 Å². The molecule has 1 atom stereocenters. The Labute approximate surface area is 134 Å². The van der Waals surface area contributed by atoms with E-state index in [4.69, 9.17) is 17.3 Å². The van der Waals surface area contributed by atoms with Gasteiger partial charge in [-0.1, -0.05) is 11.6 Å². The number of likely N-dealkylation sites (tertiary alicyclic amines) is 1. The minimum atomic E-state index is -0.350. The molecule has 2 aromatic heterocycles. The van der Waals surface area contributed by atoms with Crippen molar-refractivity contribution in [2.45, 2.75) is 6.42 Å². The van der Waals surface area contributed by atoms with E-state index in [0.717, 1.165) is 9.88 Å². The number of aromatic nitrogens is 1. The first-order valence-electron chi connectivity index (χ1n) is 6.34. The fourth-order valence-electron chi connectivity index (χ4n) is 2.25. The number of thiazole rings is 1. The van der Waals surface area contributed by atoms with E-state index in [-0.39, 0.29) is 17.7 Å². The van der Waals surface area contributed by atoms with Crippen molar-refractivity contribution in [2.24, 2.45) is 11.7 Å². The smallest absolute Gasteiger partial charge is 0.273 e. The Morgan fingerprint density at radius 3 is 2.86 bits per heavy atom. The second-order valence-electron chi connectivity index (χ2n) is 4.78. The molecule has 1 fully saturated rings. The van der Waals surface area contributed by atoms with Crippen LogP contribution >= 0.6 is 34.3 Å². The van der Waals surface area contributed by atoms with Gasteiger partial charge in [0.25, 0.3) is 5.91 Å². The van der Waals surface area contributed by atoms with E-state index in [1.54, 1.807) is 10.3 Å². The van der Waals surface area contributed by atoms with Gasteiger partial charge in [-0.05, 0) is 18.6 Å². The minimum Gasteiger partial charge on any atom is -0.369 e. The van der Waals surface area contributed by atoms with E-state index in [0.29, 0.717) is 29.5 Å². The van der Waals surface area contributed by atoms with Gasteiger partial charge in [-0.25, -0.2) is 4.98 Å². The highest BCUT2D eigenvalue weighted by Gasteiger charge is 2.31. The highest BCUT2D eigenvalue weighted by Crippen LogP contribution is 2.33. The zero-order chi connectivity index (χ0) is 15.0. The van der Waals surface area contributed by atoms with Crippen molar-refractivity contribution in [2.75, 3.05) is 13.1 Å². The molecule has 8 heteroatoms. The summed E-state index contributed by atoms with van der Waals surface area (Å²) < 4.78 is 0.692. The normalized spacial score (nSPS) is 18.1. The lowest BCUT2D eigenvalue weighted by atomic mass is 10.1. The summed E-state index contributed by atoms with van der Waals surface area (Å²) in [6.45, 7) is 0.927. The molecule has 0 unspecified atom stereocenters. The first-order chi connectivity index (χ1) is 10.0. The lowest BCUT2D eigenvalue weighted by molar-refractivity contribution is -0.121. The number of rotatable bonds is 3. The Morgan fingerprint density at radius 2 is 2.24 bits per heavy atom. The van der Waals surface area contributed by atoms with Gasteiger partial charge in [0, 0.05) is 18.5 Å². The molecule has 3 rings (SSSR count). The first kappa shape index (κ1) is 14.5. The van der Waals surface area contributed by atoms with Gasteiger partial charge in [0.1, 0.15) is 10.7 Å². The maximum atomic E-state index is 12.4. The van der Waals surface area contributed by atoms with Gasteiger partial charge in [0.05, 0.1) is 15.1 Å². The number of carbonyl (C=O) groups is 2. The van der Waals surface area contributed by atoms with Crippen LogP contribution in [0.5, 0.6) is 0 Å². The molecule has 0 aromatic carbocycles. The number of thiophene rings is 1. The van der Waals surface area contributed by atoms with Crippen molar-refractivity contribution in [3.8, 4) is 9.88 Å². The van der Waals surface area contributed by atoms with Gasteiger partial charge in [-0.2, -0.15) is 0 Å². The summed E-state index contributed by atoms with van der Waals surface area (Å²) in [5.74, 6) is -0.746. The Balaban J connectivity index is 1.74. The number of hydrogen-bond donors (Lipinski definition) is 1. The molecule has 1 aliphatic rings. The Kier molecular flexibility index (Phi) is 3.97. The van der Waals surface area contributed by atoms with Crippen molar-refractivity contribution in [1.29, 1.82) is 0 Å². The van der Waals surface area contributed by atoms with Crippen LogP contribution in [0, 0.1) is 5.92 Å². The zero-order valence-corrected chi connectivity index (χ0v) is 13.3. The first-order valence-corrected chi connectivity index (χ1v) is 8.42. The van der Waals surface area contributed by atoms with Crippen LogP contribution in [0.25, 0.3) is 9.88 Å². The molecule has 2 amide bonds. The predicted octanol–water partition coefficient (Wildman–Crippen LogP) is 2.47. The Hall–Kier alpha value is -1.44. The molecule has 0 aliphatic carbocycles. The third-order valence-electron chi connectivity index (χ3n) is 3.39. The molecule has 0 spiro atoms. The third-order valence-corrected chi connectivity index (χ3v) is 5.63. The third kappa shape index (κ3) is 2.95. The highest BCUT2D eigenvalue weighted by atomic mass is 35.5. The van der Waals surface area contributed by atoms with E-state index in [1.165, 1.54) is 22.7 Å². The molecule has 5 nitrogen and oxygen atoms in total. The van der Waals surface area contributed by atoms with Crippen LogP contribution in [0.15, 0.2) is 17.5 Å². The van der Waals surface area contributed by atoms with Crippen LogP contribution in [-0.4, -0.2) is 34.8 Å². The van der Waals surface area contributed by atoms with Crippen molar-refractivity contribution in [1.82, 2.24) is 9.88 Å². The van der Waals surface area contributed by atoms with E-state index >= 15 is 0 Å². The Bertz CT molecular complexity index is 697. The summed E-state index contributed by atoms with van der Waals surface area (Å²) in [6.07, 6.45) is 0.624. The van der Waals surface area contributed by atoms with Crippen LogP contribution in [-0.2, 0) is 4.79 Å². The molecular weight excluding hydrogens is 330 g/mol. The van der Waals surface area contributed by atoms with Crippen LogP contribution in [0.2, 0.25) is 4.34 Å². The molecule has 0 radical (unpaired) electrons. The quantitative estimate of drug-likeness (QED) is 0.931. The number of primary amides is 1. The topological polar surface area (TPSA) is 76.3 Å². The lowest BCUT2D eigenvalue weighted by Crippen LogP contribution is -2.31. The maximum absolute atomic E-state index is 12.4. The second kappa shape index (κ2) is 5.75. The second-order valence-corrected chi connectivity index (χ2v) is 7.35. The summed E-state index contributed by atoms with van der Waals surface area (Å²) in [6, 6.07) is 3.70. The van der Waals surface area contributed by atoms with Crippen LogP contribution in [0.4, 0.5) is 0 Å². The van der Waals surface area contributed by atoms with Crippen molar-refractivity contribution >= 4 is 46.1 Å². The number of amides is 2. The largest absolute Gasteiger partial charge is 0.369 e. The standard InChI is InChI=1S/C13H12ClN3O2S2/c14-10-2-1-9(21-10)12-16-8(6-20-12)13(19)17-4-3-7(5-17)11(15)18/h1-2,6-7H,3-5H2,(H2,15,18)/t7-/m1/s1. The average molecular weight is 342 g/mol. The number of carbonyl (C=O) groups excluding carboxylic acids is 2. The van der Waals surface area contributed by atoms with Gasteiger partial charge >= 0.3 is 0 Å². The highest BCUT2D eigenvalue weighted by molar-refractivity contribution is 7.23. The number of nitrogens with zero attached hydrogens (tertiary/aromatic N) is 2. The summed E-state index contributed by atoms with van der Waals surface area (Å²) in [7, 11) is 0. The van der Waals surface area contributed by atoms with Crippen LogP contribution < -0.4 is 5.73 Å². The van der Waals surface area contributed by atoms with Gasteiger partial charge in [-0.15, -0.1) is 22.7 Å². The molecular formula is C13H12ClN3O2S2. The number of hydrogen-bond acceptors (Lipinski definition) is 5. The van der Waals surface area contributed by atoms with Crippen molar-refractivity contribution < 1.29 is 9.59 Å². The van der Waals surface area contributed by atoms with E-state index in [1.807, 2.05) is 12.1 Å². The lowest BCUT2D eigenvalue weighted by Gasteiger charge is -2.13. The molecule has 21 heavy (non-hydrogen) atoms. The zero-order valence-electron chi connectivity index (χ0n) is 10.9. The van der Waals surface area contributed by atoms with Gasteiger partial charge in [0.2, 0.25) is 5.91 Å². The monoisotopic (exact) mass is 341 g/mol. The number of halogens is 1. The minimum absolute atomic E-state index is 0.149. The number of nitrogens with two attached hydrogens (primary N) is 1. The van der Waals surface area contributed by atoms with Gasteiger partial charge in [0.15, 0.2) is 0 Å². The fourth-order valence-corrected chi connectivity index (χ4v) is 4.16. The molecule has 0 bridgehead atoms. The Morgan fingerprint density at radius 1 is 1.43 bits per heavy atom. The summed E-state index contributed by atoms with van der Waals surface area (Å²) >= 11 is 8.75. The van der Waals surface area contributed by atoms with Gasteiger partial charge in [-0.3, -0.25) is 9.59 Å². The summed E-state index contributed by atoms with van der Waals surface area (Å²) in [5.41, 5.74) is 5.69. The molecule has 2 aromatic rings. The summed E-state index contributed by atoms with van der Waals surface area (Å²) in [4.78, 5) is 30.5. The maximum Gasteiger partial charge on any atom is 0.273 e. The van der Waals surface area contributed by atoms with Crippen LogP contribution in [0.1, 0.15) is 16.9 Å². The average Bonchev–Trinajstić information content (AvgIpc) is 3.17. The van der Waals surface area contributed by atoms with E-state index in [2.05, 4.69) is 4.98 Å². The van der Waals surface area contributed by atoms with Crippen molar-refractivity contribution in [3.63, 3.8) is 0 Å². The molecule has 2 N–H and O–H groups in total. The van der Waals surface area contributed by atoms with Crippen LogP contribution in [0.3, 0.4) is 0 Å². The molecule has 0 saturated carbocycles. The molecule has 110 valence electrons. The molecule has 3 heterocycles. The van der Waals surface area contributed by atoms with Crippen molar-refractivity contribution in [3.05, 3.63) is 27.5 Å². The summed E-state index contributed by atoms with van der Waals surface area (Å²) in [5, 5.41) is 2.52. The van der Waals surface area contributed by atoms with E-state index in [9.17, 15) is 9.59 Å². The SMILES string of the molecule is NC(=O)[C@@H]1CCN(C(=O)c2csc(-c3ccc(Cl)s3)n2)C1. The predicted molar refractivity (Wildman–Crippen MR) is 83.6 cm³/mol. The molecule has 1 saturated heterocycles. The van der Waals surface area contributed by atoms with E-state index < -0.39 is 0 Å². The molecule has 1 aliphatic heterocycles.